The van der Waals surface area contributed by atoms with Crippen LogP contribution in [-0.2, 0) is 4.79 Å². The summed E-state index contributed by atoms with van der Waals surface area (Å²) in [4.78, 5) is 31.4. The van der Waals surface area contributed by atoms with Crippen LogP contribution in [0.1, 0.15) is 29.3 Å². The maximum atomic E-state index is 12.5. The maximum absolute atomic E-state index is 12.5. The number of amides is 1. The third kappa shape index (κ3) is 5.35. The number of allylic oxidation sites excluding steroid dienone is 5. The molecule has 1 amide bonds. The fourth-order valence-corrected chi connectivity index (χ4v) is 2.16. The lowest BCUT2D eigenvalue weighted by molar-refractivity contribution is -0.116. The molecule has 0 radical (unpaired) electrons. The first-order chi connectivity index (χ1) is 12.1. The van der Waals surface area contributed by atoms with E-state index in [4.69, 9.17) is 0 Å². The highest BCUT2D eigenvalue weighted by Crippen LogP contribution is 2.10. The van der Waals surface area contributed by atoms with Gasteiger partial charge in [-0.25, -0.2) is 4.99 Å². The van der Waals surface area contributed by atoms with Crippen molar-refractivity contribution in [1.29, 1.82) is 0 Å². The van der Waals surface area contributed by atoms with Crippen LogP contribution in [0, 0.1) is 0 Å². The van der Waals surface area contributed by atoms with E-state index >= 15 is 0 Å². The predicted octanol–water partition coefficient (Wildman–Crippen LogP) is 3.37. The van der Waals surface area contributed by atoms with Gasteiger partial charge in [0.1, 0.15) is 12.0 Å². The molecule has 1 aliphatic carbocycles. The molecule has 0 bridgehead atoms. The quantitative estimate of drug-likeness (QED) is 0.492. The van der Waals surface area contributed by atoms with Gasteiger partial charge in [-0.05, 0) is 43.8 Å². The Labute approximate surface area is 146 Å². The van der Waals surface area contributed by atoms with Crippen molar-refractivity contribution in [3.05, 3.63) is 83.4 Å². The Balaban J connectivity index is 2.24. The maximum Gasteiger partial charge on any atom is 0.275 e. The molecule has 1 aromatic carbocycles. The molecule has 25 heavy (non-hydrogen) atoms. The summed E-state index contributed by atoms with van der Waals surface area (Å²) in [6, 6.07) is 7.01. The molecule has 0 heterocycles. The number of carbonyl (C=O) groups is 2. The van der Waals surface area contributed by atoms with E-state index in [1.165, 1.54) is 6.20 Å². The number of benzene rings is 1. The number of aliphatic imine (C=N–C) groups is 2. The number of aldehydes is 1. The van der Waals surface area contributed by atoms with Crippen molar-refractivity contribution in [2.45, 2.75) is 13.3 Å². The molecule has 1 N–H and O–H groups in total. The van der Waals surface area contributed by atoms with Crippen LogP contribution in [0.25, 0.3) is 0 Å². The van der Waals surface area contributed by atoms with Crippen molar-refractivity contribution in [1.82, 2.24) is 5.32 Å². The Morgan fingerprint density at radius 2 is 2.16 bits per heavy atom. The molecule has 1 aromatic rings. The van der Waals surface area contributed by atoms with Crippen molar-refractivity contribution in [2.24, 2.45) is 9.98 Å². The number of hydrogen-bond donors (Lipinski definition) is 1. The number of hydrogen-bond acceptors (Lipinski definition) is 4. The molecular weight excluding hydrogens is 314 g/mol. The number of nitrogens with zero attached hydrogens (tertiary/aromatic N) is 2. The molecule has 0 fully saturated rings. The number of rotatable bonds is 6. The summed E-state index contributed by atoms with van der Waals surface area (Å²) in [5, 5.41) is 2.79. The highest BCUT2D eigenvalue weighted by Gasteiger charge is 2.11. The van der Waals surface area contributed by atoms with Crippen molar-refractivity contribution in [2.75, 3.05) is 0 Å². The molecule has 2 rings (SSSR count). The lowest BCUT2D eigenvalue weighted by Crippen LogP contribution is -2.23. The fourth-order valence-electron chi connectivity index (χ4n) is 2.16. The van der Waals surface area contributed by atoms with E-state index in [1.807, 2.05) is 36.4 Å². The van der Waals surface area contributed by atoms with Gasteiger partial charge in [-0.3, -0.25) is 14.6 Å². The summed E-state index contributed by atoms with van der Waals surface area (Å²) in [7, 11) is 0. The first-order valence-electron chi connectivity index (χ1n) is 7.75. The first kappa shape index (κ1) is 18.0. The lowest BCUT2D eigenvalue weighted by atomic mass is 10.1. The van der Waals surface area contributed by atoms with Crippen LogP contribution in [0.3, 0.4) is 0 Å². The Hall–Kier alpha value is -3.34. The van der Waals surface area contributed by atoms with Crippen LogP contribution in [0.4, 0.5) is 0 Å². The molecule has 5 heteroatoms. The van der Waals surface area contributed by atoms with Gasteiger partial charge >= 0.3 is 0 Å². The van der Waals surface area contributed by atoms with Gasteiger partial charge < -0.3 is 5.32 Å². The summed E-state index contributed by atoms with van der Waals surface area (Å²) in [5.41, 5.74) is 2.70. The Kier molecular flexibility index (Phi) is 6.54. The number of nitrogens with one attached hydrogen (secondary N) is 1. The molecule has 0 unspecified atom stereocenters. The standard InChI is InChI=1S/C20H19N3O2/c1-15(17-9-7-8-16(12-17)14-24)22-19(13-21-2)20(25)23-18-10-5-3-4-6-11-18/h3,5-14H,2,4H2,1H3,(H,23,25)/b19-13-,22-15+. The minimum absolute atomic E-state index is 0.131. The van der Waals surface area contributed by atoms with Crippen LogP contribution in [0.15, 0.2) is 82.2 Å². The molecule has 0 saturated carbocycles. The zero-order chi connectivity index (χ0) is 18.1. The highest BCUT2D eigenvalue weighted by molar-refractivity contribution is 6.04. The summed E-state index contributed by atoms with van der Waals surface area (Å²) < 4.78 is 0. The predicted molar refractivity (Wildman–Crippen MR) is 101 cm³/mol. The normalized spacial score (nSPS) is 14.5. The fraction of sp³-hybridized carbons (Fsp3) is 0.100. The topological polar surface area (TPSA) is 70.9 Å². The molecule has 0 atom stereocenters. The second-order valence-corrected chi connectivity index (χ2v) is 5.28. The monoisotopic (exact) mass is 333 g/mol. The minimum atomic E-state index is -0.385. The van der Waals surface area contributed by atoms with E-state index in [0.717, 1.165) is 18.3 Å². The van der Waals surface area contributed by atoms with E-state index in [1.54, 1.807) is 25.1 Å². The van der Waals surface area contributed by atoms with E-state index in [2.05, 4.69) is 22.0 Å². The van der Waals surface area contributed by atoms with Crippen LogP contribution in [0.2, 0.25) is 0 Å². The van der Waals surface area contributed by atoms with Crippen molar-refractivity contribution in [3.63, 3.8) is 0 Å². The third-order valence-corrected chi connectivity index (χ3v) is 3.41. The van der Waals surface area contributed by atoms with Gasteiger partial charge in [-0.2, -0.15) is 0 Å². The molecule has 0 aliphatic heterocycles. The second-order valence-electron chi connectivity index (χ2n) is 5.28. The van der Waals surface area contributed by atoms with Crippen molar-refractivity contribution >= 4 is 24.6 Å². The molecule has 0 saturated heterocycles. The van der Waals surface area contributed by atoms with Crippen molar-refractivity contribution in [3.8, 4) is 0 Å². The number of carbonyl (C=O) groups excluding carboxylic acids is 2. The van der Waals surface area contributed by atoms with Crippen molar-refractivity contribution < 1.29 is 9.59 Å². The summed E-state index contributed by atoms with van der Waals surface area (Å²) in [6.45, 7) is 5.16. The Morgan fingerprint density at radius 1 is 1.32 bits per heavy atom. The van der Waals surface area contributed by atoms with E-state index in [-0.39, 0.29) is 11.6 Å². The third-order valence-electron chi connectivity index (χ3n) is 3.41. The first-order valence-corrected chi connectivity index (χ1v) is 7.75. The Morgan fingerprint density at radius 3 is 2.92 bits per heavy atom. The highest BCUT2D eigenvalue weighted by atomic mass is 16.2. The van der Waals surface area contributed by atoms with Gasteiger partial charge in [0.15, 0.2) is 0 Å². The Bertz CT molecular complexity index is 827. The van der Waals surface area contributed by atoms with Gasteiger partial charge in [0.2, 0.25) is 0 Å². The molecular formula is C20H19N3O2. The summed E-state index contributed by atoms with van der Waals surface area (Å²) in [6.07, 6.45) is 12.3. The lowest BCUT2D eigenvalue weighted by Gasteiger charge is -2.07. The zero-order valence-corrected chi connectivity index (χ0v) is 14.0. The molecule has 5 nitrogen and oxygen atoms in total. The summed E-state index contributed by atoms with van der Waals surface area (Å²) in [5.74, 6) is -0.385. The van der Waals surface area contributed by atoms with Gasteiger partial charge in [0.05, 0.1) is 6.20 Å². The van der Waals surface area contributed by atoms with E-state index in [9.17, 15) is 9.59 Å². The van der Waals surface area contributed by atoms with Crippen LogP contribution in [-0.4, -0.2) is 24.6 Å². The average molecular weight is 333 g/mol. The van der Waals surface area contributed by atoms with E-state index in [0.29, 0.717) is 17.0 Å². The largest absolute Gasteiger partial charge is 0.321 e. The van der Waals surface area contributed by atoms with Gasteiger partial charge in [-0.1, -0.05) is 36.4 Å². The average Bonchev–Trinajstić information content (AvgIpc) is 2.90. The zero-order valence-electron chi connectivity index (χ0n) is 14.0. The van der Waals surface area contributed by atoms with E-state index < -0.39 is 0 Å². The minimum Gasteiger partial charge on any atom is -0.321 e. The van der Waals surface area contributed by atoms with Gasteiger partial charge in [0.25, 0.3) is 5.91 Å². The SMILES string of the molecule is C=N/C=C(\N=C(/C)c1cccc(C=O)c1)C(=O)NC1=CC=CCC=C1. The molecule has 0 spiro atoms. The smallest absolute Gasteiger partial charge is 0.275 e. The summed E-state index contributed by atoms with van der Waals surface area (Å²) >= 11 is 0. The molecule has 126 valence electrons. The van der Waals surface area contributed by atoms with Crippen LogP contribution in [0.5, 0.6) is 0 Å². The molecule has 1 aliphatic rings. The van der Waals surface area contributed by atoms with Gasteiger partial charge in [0, 0.05) is 17.0 Å². The van der Waals surface area contributed by atoms with Crippen LogP contribution < -0.4 is 5.32 Å². The molecule has 0 aromatic heterocycles. The second kappa shape index (κ2) is 9.08. The van der Waals surface area contributed by atoms with Gasteiger partial charge in [-0.15, -0.1) is 0 Å². The van der Waals surface area contributed by atoms with Crippen LogP contribution >= 0.6 is 0 Å².